The van der Waals surface area contributed by atoms with E-state index in [1.54, 1.807) is 0 Å². The van der Waals surface area contributed by atoms with Gasteiger partial charge in [0.1, 0.15) is 5.01 Å². The number of benzene rings is 1. The summed E-state index contributed by atoms with van der Waals surface area (Å²) in [7, 11) is 0. The summed E-state index contributed by atoms with van der Waals surface area (Å²) in [6, 6.07) is 5.02. The Morgan fingerprint density at radius 3 is 2.40 bits per heavy atom. The first-order valence-electron chi connectivity index (χ1n) is 6.16. The van der Waals surface area contributed by atoms with E-state index in [9.17, 15) is 13.2 Å². The second kappa shape index (κ2) is 5.93. The van der Waals surface area contributed by atoms with Crippen molar-refractivity contribution in [2.24, 2.45) is 0 Å². The molecule has 0 saturated carbocycles. The number of thiazole rings is 1. The number of aromatic nitrogens is 1. The lowest BCUT2D eigenvalue weighted by Crippen LogP contribution is -2.03. The third-order valence-electron chi connectivity index (χ3n) is 2.91. The Labute approximate surface area is 118 Å². The summed E-state index contributed by atoms with van der Waals surface area (Å²) in [5.74, 6) is 0. The highest BCUT2D eigenvalue weighted by Crippen LogP contribution is 2.33. The molecule has 2 nitrogen and oxygen atoms in total. The molecule has 1 aromatic carbocycles. The molecule has 0 unspecified atom stereocenters. The fourth-order valence-corrected chi connectivity index (χ4v) is 2.93. The van der Waals surface area contributed by atoms with Gasteiger partial charge in [-0.05, 0) is 31.9 Å². The van der Waals surface area contributed by atoms with Crippen LogP contribution in [0.2, 0.25) is 0 Å². The van der Waals surface area contributed by atoms with Crippen molar-refractivity contribution in [2.45, 2.75) is 25.9 Å². The van der Waals surface area contributed by atoms with E-state index >= 15 is 0 Å². The van der Waals surface area contributed by atoms with Crippen LogP contribution in [-0.2, 0) is 12.6 Å². The van der Waals surface area contributed by atoms with E-state index < -0.39 is 11.7 Å². The molecule has 0 aliphatic rings. The third-order valence-corrected chi connectivity index (χ3v) is 4.18. The van der Waals surface area contributed by atoms with E-state index in [-0.39, 0.29) is 6.61 Å². The van der Waals surface area contributed by atoms with E-state index in [0.29, 0.717) is 17.0 Å². The summed E-state index contributed by atoms with van der Waals surface area (Å²) in [6.45, 7) is 1.99. The predicted octanol–water partition coefficient (Wildman–Crippen LogP) is 4.06. The SMILES string of the molecule is Cc1nc(-c2ccc(C(F)(F)F)cc2)sc1CCCO. The second-order valence-electron chi connectivity index (χ2n) is 4.43. The first-order chi connectivity index (χ1) is 9.41. The Bertz CT molecular complexity index is 575. The Kier molecular flexibility index (Phi) is 4.45. The molecular weight excluding hydrogens is 287 g/mol. The molecule has 1 heterocycles. The highest BCUT2D eigenvalue weighted by Gasteiger charge is 2.30. The zero-order chi connectivity index (χ0) is 14.8. The number of nitrogens with zero attached hydrogens (tertiary/aromatic N) is 1. The standard InChI is InChI=1S/C14H14F3NOS/c1-9-12(3-2-8-19)20-13(18-9)10-4-6-11(7-5-10)14(15,16)17/h4-7,19H,2-3,8H2,1H3. The van der Waals surface area contributed by atoms with Crippen molar-refractivity contribution in [3.8, 4) is 10.6 Å². The van der Waals surface area contributed by atoms with E-state index in [0.717, 1.165) is 29.1 Å². The zero-order valence-electron chi connectivity index (χ0n) is 10.9. The number of hydrogen-bond acceptors (Lipinski definition) is 3. The van der Waals surface area contributed by atoms with Crippen LogP contribution in [-0.4, -0.2) is 16.7 Å². The first kappa shape index (κ1) is 15.0. The quantitative estimate of drug-likeness (QED) is 0.923. The van der Waals surface area contributed by atoms with Gasteiger partial charge in [0.25, 0.3) is 0 Å². The van der Waals surface area contributed by atoms with Crippen molar-refractivity contribution in [2.75, 3.05) is 6.61 Å². The maximum atomic E-state index is 12.5. The molecule has 0 atom stereocenters. The minimum absolute atomic E-state index is 0.118. The fraction of sp³-hybridized carbons (Fsp3) is 0.357. The van der Waals surface area contributed by atoms with Gasteiger partial charge in [0.05, 0.1) is 11.3 Å². The van der Waals surface area contributed by atoms with Crippen molar-refractivity contribution in [1.82, 2.24) is 4.98 Å². The molecule has 0 aliphatic heterocycles. The van der Waals surface area contributed by atoms with Gasteiger partial charge in [-0.3, -0.25) is 0 Å². The summed E-state index contributed by atoms with van der Waals surface area (Å²) in [5.41, 5.74) is 0.898. The van der Waals surface area contributed by atoms with Crippen LogP contribution in [0.3, 0.4) is 0 Å². The van der Waals surface area contributed by atoms with Crippen LogP contribution in [0, 0.1) is 6.92 Å². The lowest BCUT2D eigenvalue weighted by Gasteiger charge is -2.06. The number of aryl methyl sites for hydroxylation is 2. The van der Waals surface area contributed by atoms with Crippen LogP contribution in [0.5, 0.6) is 0 Å². The monoisotopic (exact) mass is 301 g/mol. The summed E-state index contributed by atoms with van der Waals surface area (Å²) < 4.78 is 37.5. The Balaban J connectivity index is 2.24. The van der Waals surface area contributed by atoms with Gasteiger partial charge in [0, 0.05) is 17.0 Å². The normalized spacial score (nSPS) is 11.8. The van der Waals surface area contributed by atoms with Crippen molar-refractivity contribution in [3.05, 3.63) is 40.4 Å². The van der Waals surface area contributed by atoms with Crippen molar-refractivity contribution < 1.29 is 18.3 Å². The van der Waals surface area contributed by atoms with E-state index in [1.165, 1.54) is 23.5 Å². The fourth-order valence-electron chi connectivity index (χ4n) is 1.82. The number of aliphatic hydroxyl groups excluding tert-OH is 1. The largest absolute Gasteiger partial charge is 0.416 e. The van der Waals surface area contributed by atoms with Gasteiger partial charge in [-0.25, -0.2) is 4.98 Å². The second-order valence-corrected chi connectivity index (χ2v) is 5.51. The Hall–Kier alpha value is -1.40. The minimum atomic E-state index is -4.32. The molecule has 1 aromatic heterocycles. The van der Waals surface area contributed by atoms with Crippen LogP contribution >= 0.6 is 11.3 Å². The van der Waals surface area contributed by atoms with Crippen LogP contribution in [0.25, 0.3) is 10.6 Å². The molecule has 0 spiro atoms. The van der Waals surface area contributed by atoms with Gasteiger partial charge in [-0.15, -0.1) is 11.3 Å². The maximum Gasteiger partial charge on any atom is 0.416 e. The number of halogens is 3. The van der Waals surface area contributed by atoms with E-state index in [4.69, 9.17) is 5.11 Å². The Morgan fingerprint density at radius 1 is 1.20 bits per heavy atom. The highest BCUT2D eigenvalue weighted by molar-refractivity contribution is 7.15. The van der Waals surface area contributed by atoms with Gasteiger partial charge in [-0.2, -0.15) is 13.2 Å². The van der Waals surface area contributed by atoms with Crippen molar-refractivity contribution >= 4 is 11.3 Å². The highest BCUT2D eigenvalue weighted by atomic mass is 32.1. The van der Waals surface area contributed by atoms with Gasteiger partial charge >= 0.3 is 6.18 Å². The molecule has 20 heavy (non-hydrogen) atoms. The molecule has 0 fully saturated rings. The molecule has 0 saturated heterocycles. The molecule has 2 aromatic rings. The molecule has 108 valence electrons. The average Bonchev–Trinajstić information content (AvgIpc) is 2.77. The summed E-state index contributed by atoms with van der Waals surface area (Å²) in [4.78, 5) is 5.45. The summed E-state index contributed by atoms with van der Waals surface area (Å²) >= 11 is 1.46. The number of hydrogen-bond donors (Lipinski definition) is 1. The molecule has 0 radical (unpaired) electrons. The first-order valence-corrected chi connectivity index (χ1v) is 6.98. The van der Waals surface area contributed by atoms with Crippen LogP contribution in [0.4, 0.5) is 13.2 Å². The van der Waals surface area contributed by atoms with Crippen molar-refractivity contribution in [3.63, 3.8) is 0 Å². The zero-order valence-corrected chi connectivity index (χ0v) is 11.7. The van der Waals surface area contributed by atoms with Gasteiger partial charge in [0.2, 0.25) is 0 Å². The molecule has 6 heteroatoms. The summed E-state index contributed by atoms with van der Waals surface area (Å²) in [6.07, 6.45) is -2.92. The maximum absolute atomic E-state index is 12.5. The minimum Gasteiger partial charge on any atom is -0.396 e. The van der Waals surface area contributed by atoms with Crippen molar-refractivity contribution in [1.29, 1.82) is 0 Å². The van der Waals surface area contributed by atoms with Crippen LogP contribution in [0.1, 0.15) is 22.6 Å². The third kappa shape index (κ3) is 3.37. The molecule has 1 N–H and O–H groups in total. The Morgan fingerprint density at radius 2 is 1.85 bits per heavy atom. The number of alkyl halides is 3. The van der Waals surface area contributed by atoms with Gasteiger partial charge in [-0.1, -0.05) is 12.1 Å². The van der Waals surface area contributed by atoms with E-state index in [2.05, 4.69) is 4.98 Å². The average molecular weight is 301 g/mol. The molecular formula is C14H14F3NOS. The van der Waals surface area contributed by atoms with E-state index in [1.807, 2.05) is 6.92 Å². The molecule has 0 amide bonds. The topological polar surface area (TPSA) is 33.1 Å². The molecule has 0 aliphatic carbocycles. The van der Waals surface area contributed by atoms with Crippen LogP contribution in [0.15, 0.2) is 24.3 Å². The number of rotatable bonds is 4. The van der Waals surface area contributed by atoms with Crippen LogP contribution < -0.4 is 0 Å². The lowest BCUT2D eigenvalue weighted by molar-refractivity contribution is -0.137. The lowest BCUT2D eigenvalue weighted by atomic mass is 10.1. The molecule has 0 bridgehead atoms. The van der Waals surface area contributed by atoms with Gasteiger partial charge < -0.3 is 5.11 Å². The predicted molar refractivity (Wildman–Crippen MR) is 72.7 cm³/mol. The number of aliphatic hydroxyl groups is 1. The van der Waals surface area contributed by atoms with Gasteiger partial charge in [0.15, 0.2) is 0 Å². The molecule has 2 rings (SSSR count). The smallest absolute Gasteiger partial charge is 0.396 e. The summed E-state index contributed by atoms with van der Waals surface area (Å²) in [5, 5.41) is 9.54.